The molecule has 19 heavy (non-hydrogen) atoms. The van der Waals surface area contributed by atoms with Crippen molar-refractivity contribution in [2.45, 2.75) is 33.2 Å². The molecule has 0 unspecified atom stereocenters. The van der Waals surface area contributed by atoms with Gasteiger partial charge in [0.15, 0.2) is 0 Å². The van der Waals surface area contributed by atoms with Gasteiger partial charge in [-0.05, 0) is 20.8 Å². The van der Waals surface area contributed by atoms with E-state index in [2.05, 4.69) is 10.4 Å². The van der Waals surface area contributed by atoms with Crippen LogP contribution in [0.25, 0.3) is 0 Å². The first kappa shape index (κ1) is 15.5. The van der Waals surface area contributed by atoms with Crippen LogP contribution in [0.1, 0.15) is 33.2 Å². The second-order valence-electron chi connectivity index (χ2n) is 4.20. The lowest BCUT2D eigenvalue weighted by molar-refractivity contribution is -0.142. The van der Waals surface area contributed by atoms with Crippen LogP contribution in [0.15, 0.2) is 11.0 Å². The zero-order valence-corrected chi connectivity index (χ0v) is 12.0. The highest BCUT2D eigenvalue weighted by atomic mass is 35.5. The fourth-order valence-electron chi connectivity index (χ4n) is 1.47. The summed E-state index contributed by atoms with van der Waals surface area (Å²) in [7, 11) is 0. The molecule has 0 atom stereocenters. The second-order valence-corrected chi connectivity index (χ2v) is 4.58. The third-order valence-electron chi connectivity index (χ3n) is 2.38. The summed E-state index contributed by atoms with van der Waals surface area (Å²) in [6.45, 7) is 6.13. The highest BCUT2D eigenvalue weighted by Crippen LogP contribution is 2.16. The van der Waals surface area contributed by atoms with Crippen LogP contribution in [-0.2, 0) is 9.53 Å². The van der Waals surface area contributed by atoms with Crippen LogP contribution >= 0.6 is 11.6 Å². The molecule has 1 N–H and O–H groups in total. The lowest BCUT2D eigenvalue weighted by atomic mass is 10.3. The average molecular weight is 288 g/mol. The Balaban J connectivity index is 2.68. The van der Waals surface area contributed by atoms with Crippen LogP contribution in [0.4, 0.5) is 5.69 Å². The highest BCUT2D eigenvalue weighted by molar-refractivity contribution is 6.32. The van der Waals surface area contributed by atoms with Crippen LogP contribution in [-0.4, -0.2) is 28.9 Å². The number of halogens is 1. The third kappa shape index (κ3) is 4.24. The number of hydrogen-bond donors (Lipinski definition) is 1. The number of hydrogen-bond acceptors (Lipinski definition) is 5. The fraction of sp³-hybridized carbons (Fsp3) is 0.583. The van der Waals surface area contributed by atoms with Crippen molar-refractivity contribution < 1.29 is 9.53 Å². The number of anilines is 1. The van der Waals surface area contributed by atoms with Crippen molar-refractivity contribution in [3.05, 3.63) is 21.6 Å². The molecule has 0 saturated carbocycles. The summed E-state index contributed by atoms with van der Waals surface area (Å²) >= 11 is 5.97. The molecule has 0 spiro atoms. The molecule has 0 aliphatic rings. The summed E-state index contributed by atoms with van der Waals surface area (Å²) in [5.41, 5.74) is 0.0747. The molecule has 6 nitrogen and oxygen atoms in total. The molecule has 1 aromatic heterocycles. The molecule has 106 valence electrons. The third-order valence-corrected chi connectivity index (χ3v) is 2.75. The van der Waals surface area contributed by atoms with Gasteiger partial charge in [-0.25, -0.2) is 4.68 Å². The Hall–Kier alpha value is -1.56. The molecule has 0 saturated heterocycles. The van der Waals surface area contributed by atoms with Gasteiger partial charge in [0.1, 0.15) is 5.02 Å². The largest absolute Gasteiger partial charge is 0.466 e. The van der Waals surface area contributed by atoms with Crippen LogP contribution in [0.3, 0.4) is 0 Å². The monoisotopic (exact) mass is 287 g/mol. The summed E-state index contributed by atoms with van der Waals surface area (Å²) < 4.78 is 6.10. The van der Waals surface area contributed by atoms with Gasteiger partial charge in [0.05, 0.1) is 31.0 Å². The SMILES string of the molecule is CCOC(=O)CCNc1cnn(C(C)C)c(=O)c1Cl. The lowest BCUT2D eigenvalue weighted by Crippen LogP contribution is -2.26. The van der Waals surface area contributed by atoms with Crippen molar-refractivity contribution in [1.82, 2.24) is 9.78 Å². The van der Waals surface area contributed by atoms with Crippen molar-refractivity contribution in [3.63, 3.8) is 0 Å². The van der Waals surface area contributed by atoms with Gasteiger partial charge in [-0.2, -0.15) is 5.10 Å². The van der Waals surface area contributed by atoms with E-state index in [0.717, 1.165) is 0 Å². The van der Waals surface area contributed by atoms with E-state index in [-0.39, 0.29) is 29.0 Å². The maximum atomic E-state index is 11.9. The Kier molecular flexibility index (Phi) is 5.82. The molecule has 1 aromatic rings. The molecule has 7 heteroatoms. The maximum absolute atomic E-state index is 11.9. The molecule has 0 aliphatic heterocycles. The van der Waals surface area contributed by atoms with Gasteiger partial charge in [-0.3, -0.25) is 9.59 Å². The van der Waals surface area contributed by atoms with Crippen molar-refractivity contribution in [1.29, 1.82) is 0 Å². The number of nitrogens with zero attached hydrogens (tertiary/aromatic N) is 2. The van der Waals surface area contributed by atoms with Crippen molar-refractivity contribution >= 4 is 23.3 Å². The molecular weight excluding hydrogens is 270 g/mol. The minimum atomic E-state index is -0.349. The predicted molar refractivity (Wildman–Crippen MR) is 73.6 cm³/mol. The van der Waals surface area contributed by atoms with E-state index in [1.165, 1.54) is 10.9 Å². The van der Waals surface area contributed by atoms with Crippen LogP contribution < -0.4 is 10.9 Å². The molecule has 1 heterocycles. The molecule has 1 rings (SSSR count). The number of carbonyl (C=O) groups is 1. The van der Waals surface area contributed by atoms with E-state index in [1.807, 2.05) is 13.8 Å². The smallest absolute Gasteiger partial charge is 0.307 e. The van der Waals surface area contributed by atoms with E-state index in [0.29, 0.717) is 18.8 Å². The molecule has 0 aromatic carbocycles. The first-order valence-electron chi connectivity index (χ1n) is 6.14. The van der Waals surface area contributed by atoms with Crippen molar-refractivity contribution in [3.8, 4) is 0 Å². The van der Waals surface area contributed by atoms with E-state index in [1.54, 1.807) is 6.92 Å². The van der Waals surface area contributed by atoms with Gasteiger partial charge in [0.25, 0.3) is 5.56 Å². The van der Waals surface area contributed by atoms with E-state index >= 15 is 0 Å². The highest BCUT2D eigenvalue weighted by Gasteiger charge is 2.11. The van der Waals surface area contributed by atoms with Crippen LogP contribution in [0.5, 0.6) is 0 Å². The Bertz CT molecular complexity index is 499. The molecule has 0 fully saturated rings. The number of aromatic nitrogens is 2. The molecule has 0 amide bonds. The van der Waals surface area contributed by atoms with Gasteiger partial charge >= 0.3 is 5.97 Å². The zero-order valence-electron chi connectivity index (χ0n) is 11.3. The Morgan fingerprint density at radius 2 is 2.26 bits per heavy atom. The number of ether oxygens (including phenoxy) is 1. The fourth-order valence-corrected chi connectivity index (χ4v) is 1.67. The Morgan fingerprint density at radius 3 is 2.84 bits per heavy atom. The minimum absolute atomic E-state index is 0.0569. The summed E-state index contributed by atoms with van der Waals surface area (Å²) in [5.74, 6) is -0.297. The summed E-state index contributed by atoms with van der Waals surface area (Å²) in [6, 6.07) is -0.0569. The first-order valence-corrected chi connectivity index (χ1v) is 6.52. The van der Waals surface area contributed by atoms with Gasteiger partial charge in [-0.1, -0.05) is 11.6 Å². The van der Waals surface area contributed by atoms with Gasteiger partial charge in [0.2, 0.25) is 0 Å². The quantitative estimate of drug-likeness (QED) is 0.808. The molecule has 0 bridgehead atoms. The number of carbonyl (C=O) groups excluding carboxylic acids is 1. The van der Waals surface area contributed by atoms with Gasteiger partial charge in [-0.15, -0.1) is 0 Å². The molecular formula is C12H18ClN3O3. The number of rotatable bonds is 6. The summed E-state index contributed by atoms with van der Waals surface area (Å²) in [4.78, 5) is 23.0. The van der Waals surface area contributed by atoms with E-state index in [4.69, 9.17) is 16.3 Å². The van der Waals surface area contributed by atoms with E-state index in [9.17, 15) is 9.59 Å². The van der Waals surface area contributed by atoms with E-state index < -0.39 is 0 Å². The zero-order chi connectivity index (χ0) is 14.4. The standard InChI is InChI=1S/C12H18ClN3O3/c1-4-19-10(17)5-6-14-9-7-15-16(8(2)3)12(18)11(9)13/h7-8,14H,4-6H2,1-3H3. The van der Waals surface area contributed by atoms with Crippen molar-refractivity contribution in [2.75, 3.05) is 18.5 Å². The first-order chi connectivity index (χ1) is 8.97. The number of esters is 1. The second kappa shape index (κ2) is 7.13. The Labute approximate surface area is 116 Å². The summed E-state index contributed by atoms with van der Waals surface area (Å²) in [5, 5.41) is 6.99. The maximum Gasteiger partial charge on any atom is 0.307 e. The lowest BCUT2D eigenvalue weighted by Gasteiger charge is -2.12. The minimum Gasteiger partial charge on any atom is -0.466 e. The summed E-state index contributed by atoms with van der Waals surface area (Å²) in [6.07, 6.45) is 1.69. The predicted octanol–water partition coefficient (Wildman–Crippen LogP) is 1.84. The molecule has 0 aliphatic carbocycles. The number of nitrogens with one attached hydrogen (secondary N) is 1. The van der Waals surface area contributed by atoms with Crippen molar-refractivity contribution in [2.24, 2.45) is 0 Å². The molecule has 0 radical (unpaired) electrons. The topological polar surface area (TPSA) is 73.2 Å². The normalized spacial score (nSPS) is 10.6. The van der Waals surface area contributed by atoms with Crippen LogP contribution in [0.2, 0.25) is 5.02 Å². The average Bonchev–Trinajstić information content (AvgIpc) is 2.34. The van der Waals surface area contributed by atoms with Gasteiger partial charge < -0.3 is 10.1 Å². The van der Waals surface area contributed by atoms with Crippen LogP contribution in [0, 0.1) is 0 Å². The Morgan fingerprint density at radius 1 is 1.58 bits per heavy atom. The van der Waals surface area contributed by atoms with Gasteiger partial charge in [0, 0.05) is 6.54 Å².